The van der Waals surface area contributed by atoms with E-state index in [0.29, 0.717) is 19.6 Å². The molecule has 2 N–H and O–H groups in total. The molecule has 0 aliphatic rings. The number of carbonyl (C=O) groups excluding carboxylic acids is 2. The number of likely N-dealkylation sites (N-methyl/N-ethyl adjacent to an activating group) is 1. The molecular formula is C15H23N3O2. The maximum Gasteiger partial charge on any atom is 0.309 e. The largest absolute Gasteiger partial charge is 0.347 e. The molecule has 0 aliphatic carbocycles. The molecule has 0 bridgehead atoms. The van der Waals surface area contributed by atoms with Gasteiger partial charge in [-0.3, -0.25) is 9.59 Å². The lowest BCUT2D eigenvalue weighted by atomic mass is 10.0. The van der Waals surface area contributed by atoms with Gasteiger partial charge in [-0.25, -0.2) is 0 Å². The number of nitrogens with zero attached hydrogens (tertiary/aromatic N) is 1. The Bertz CT molecular complexity index is 432. The predicted octanol–water partition coefficient (Wildman–Crippen LogP) is 0.584. The van der Waals surface area contributed by atoms with Crippen LogP contribution < -0.4 is 10.6 Å². The van der Waals surface area contributed by atoms with Crippen LogP contribution >= 0.6 is 0 Å². The Morgan fingerprint density at radius 3 is 2.30 bits per heavy atom. The minimum absolute atomic E-state index is 0.176. The highest BCUT2D eigenvalue weighted by Crippen LogP contribution is 2.12. The summed E-state index contributed by atoms with van der Waals surface area (Å²) in [5, 5.41) is 5.24. The normalized spacial score (nSPS) is 12.0. The fourth-order valence-corrected chi connectivity index (χ4v) is 1.70. The highest BCUT2D eigenvalue weighted by molar-refractivity contribution is 6.35. The molecule has 5 heteroatoms. The van der Waals surface area contributed by atoms with E-state index in [1.807, 2.05) is 56.3 Å². The van der Waals surface area contributed by atoms with Crippen molar-refractivity contribution >= 4 is 11.8 Å². The quantitative estimate of drug-likeness (QED) is 0.748. The topological polar surface area (TPSA) is 61.4 Å². The molecule has 0 aliphatic heterocycles. The van der Waals surface area contributed by atoms with E-state index in [2.05, 4.69) is 10.6 Å². The Morgan fingerprint density at radius 2 is 1.70 bits per heavy atom. The summed E-state index contributed by atoms with van der Waals surface area (Å²) in [5.74, 6) is -0.978. The second kappa shape index (κ2) is 8.32. The molecule has 5 nitrogen and oxygen atoms in total. The molecule has 0 aromatic heterocycles. The second-order valence-corrected chi connectivity index (χ2v) is 5.08. The first kappa shape index (κ1) is 16.2. The summed E-state index contributed by atoms with van der Waals surface area (Å²) in [6.45, 7) is 3.64. The zero-order chi connectivity index (χ0) is 15.0. The van der Waals surface area contributed by atoms with E-state index in [-0.39, 0.29) is 5.92 Å². The van der Waals surface area contributed by atoms with Crippen molar-refractivity contribution in [1.82, 2.24) is 15.5 Å². The number of hydrogen-bond donors (Lipinski definition) is 2. The van der Waals surface area contributed by atoms with Crippen LogP contribution in [0.25, 0.3) is 0 Å². The molecule has 2 amide bonds. The number of amides is 2. The van der Waals surface area contributed by atoms with Crippen LogP contribution in [0.4, 0.5) is 0 Å². The summed E-state index contributed by atoms with van der Waals surface area (Å²) >= 11 is 0. The first-order valence-corrected chi connectivity index (χ1v) is 6.76. The van der Waals surface area contributed by atoms with Crippen LogP contribution in [0.1, 0.15) is 18.4 Å². The summed E-state index contributed by atoms with van der Waals surface area (Å²) in [5.41, 5.74) is 1.14. The summed E-state index contributed by atoms with van der Waals surface area (Å²) in [6.07, 6.45) is 0. The van der Waals surface area contributed by atoms with Gasteiger partial charge in [-0.1, -0.05) is 37.3 Å². The van der Waals surface area contributed by atoms with Crippen LogP contribution in [0.15, 0.2) is 30.3 Å². The average Bonchev–Trinajstić information content (AvgIpc) is 2.44. The standard InChI is InChI=1S/C15H23N3O2/c1-12(13-7-5-4-6-8-13)11-17-15(20)14(19)16-9-10-18(2)3/h4-8,12H,9-11H2,1-3H3,(H,16,19)(H,17,20)/t12-/m1/s1. The van der Waals surface area contributed by atoms with Gasteiger partial charge in [0.25, 0.3) is 0 Å². The van der Waals surface area contributed by atoms with Gasteiger partial charge in [0, 0.05) is 19.6 Å². The fourth-order valence-electron chi connectivity index (χ4n) is 1.70. The van der Waals surface area contributed by atoms with Crippen molar-refractivity contribution in [3.05, 3.63) is 35.9 Å². The van der Waals surface area contributed by atoms with Crippen LogP contribution in [0.5, 0.6) is 0 Å². The zero-order valence-corrected chi connectivity index (χ0v) is 12.3. The summed E-state index contributed by atoms with van der Waals surface area (Å²) < 4.78 is 0. The highest BCUT2D eigenvalue weighted by atomic mass is 16.2. The van der Waals surface area contributed by atoms with Gasteiger partial charge >= 0.3 is 11.8 Å². The molecule has 0 radical (unpaired) electrons. The summed E-state index contributed by atoms with van der Waals surface area (Å²) in [7, 11) is 3.82. The summed E-state index contributed by atoms with van der Waals surface area (Å²) in [4.78, 5) is 25.1. The van der Waals surface area contributed by atoms with Crippen LogP contribution in [0, 0.1) is 0 Å². The van der Waals surface area contributed by atoms with Crippen molar-refractivity contribution in [2.75, 3.05) is 33.7 Å². The lowest BCUT2D eigenvalue weighted by Crippen LogP contribution is -2.43. The molecule has 0 saturated heterocycles. The van der Waals surface area contributed by atoms with E-state index in [4.69, 9.17) is 0 Å². The van der Waals surface area contributed by atoms with Gasteiger partial charge in [0.1, 0.15) is 0 Å². The number of benzene rings is 1. The monoisotopic (exact) mass is 277 g/mol. The number of hydrogen-bond acceptors (Lipinski definition) is 3. The Hall–Kier alpha value is -1.88. The van der Waals surface area contributed by atoms with Crippen molar-refractivity contribution in [3.63, 3.8) is 0 Å². The molecule has 0 saturated carbocycles. The van der Waals surface area contributed by atoms with Crippen LogP contribution in [-0.4, -0.2) is 50.4 Å². The van der Waals surface area contributed by atoms with E-state index in [1.165, 1.54) is 0 Å². The molecule has 1 aromatic rings. The highest BCUT2D eigenvalue weighted by Gasteiger charge is 2.14. The molecule has 110 valence electrons. The minimum atomic E-state index is -0.577. The van der Waals surface area contributed by atoms with Gasteiger partial charge in [0.05, 0.1) is 0 Å². The van der Waals surface area contributed by atoms with Crippen LogP contribution in [0.2, 0.25) is 0 Å². The molecule has 0 unspecified atom stereocenters. The van der Waals surface area contributed by atoms with Gasteiger partial charge in [0.15, 0.2) is 0 Å². The fraction of sp³-hybridized carbons (Fsp3) is 0.467. The van der Waals surface area contributed by atoms with E-state index < -0.39 is 11.8 Å². The lowest BCUT2D eigenvalue weighted by molar-refractivity contribution is -0.139. The molecule has 1 atom stereocenters. The third-order valence-corrected chi connectivity index (χ3v) is 2.99. The van der Waals surface area contributed by atoms with Crippen molar-refractivity contribution in [2.24, 2.45) is 0 Å². The Labute approximate surface area is 120 Å². The molecule has 0 heterocycles. The Morgan fingerprint density at radius 1 is 1.10 bits per heavy atom. The van der Waals surface area contributed by atoms with Crippen molar-refractivity contribution in [2.45, 2.75) is 12.8 Å². The second-order valence-electron chi connectivity index (χ2n) is 5.08. The molecular weight excluding hydrogens is 254 g/mol. The van der Waals surface area contributed by atoms with Gasteiger partial charge in [-0.2, -0.15) is 0 Å². The number of carbonyl (C=O) groups is 2. The van der Waals surface area contributed by atoms with Gasteiger partial charge in [-0.05, 0) is 25.6 Å². The van der Waals surface area contributed by atoms with Crippen molar-refractivity contribution in [3.8, 4) is 0 Å². The van der Waals surface area contributed by atoms with E-state index >= 15 is 0 Å². The molecule has 1 rings (SSSR count). The molecule has 1 aromatic carbocycles. The maximum absolute atomic E-state index is 11.6. The third kappa shape index (κ3) is 5.84. The van der Waals surface area contributed by atoms with E-state index in [9.17, 15) is 9.59 Å². The van der Waals surface area contributed by atoms with E-state index in [1.54, 1.807) is 0 Å². The maximum atomic E-state index is 11.6. The predicted molar refractivity (Wildman–Crippen MR) is 79.4 cm³/mol. The zero-order valence-electron chi connectivity index (χ0n) is 12.3. The van der Waals surface area contributed by atoms with Crippen LogP contribution in [-0.2, 0) is 9.59 Å². The average molecular weight is 277 g/mol. The number of nitrogens with one attached hydrogen (secondary N) is 2. The Balaban J connectivity index is 2.30. The van der Waals surface area contributed by atoms with Crippen molar-refractivity contribution < 1.29 is 9.59 Å². The summed E-state index contributed by atoms with van der Waals surface area (Å²) in [6, 6.07) is 9.89. The van der Waals surface area contributed by atoms with Crippen molar-refractivity contribution in [1.29, 1.82) is 0 Å². The number of rotatable bonds is 6. The molecule has 0 fully saturated rings. The molecule has 20 heavy (non-hydrogen) atoms. The van der Waals surface area contributed by atoms with Crippen LogP contribution in [0.3, 0.4) is 0 Å². The lowest BCUT2D eigenvalue weighted by Gasteiger charge is -2.13. The van der Waals surface area contributed by atoms with Gasteiger partial charge in [-0.15, -0.1) is 0 Å². The molecule has 0 spiro atoms. The third-order valence-electron chi connectivity index (χ3n) is 2.99. The van der Waals surface area contributed by atoms with E-state index in [0.717, 1.165) is 5.56 Å². The minimum Gasteiger partial charge on any atom is -0.347 e. The first-order valence-electron chi connectivity index (χ1n) is 6.76. The first-order chi connectivity index (χ1) is 9.50. The Kier molecular flexibility index (Phi) is 6.73. The SMILES string of the molecule is C[C@H](CNC(=O)C(=O)NCCN(C)C)c1ccccc1. The smallest absolute Gasteiger partial charge is 0.309 e. The van der Waals surface area contributed by atoms with Gasteiger partial charge < -0.3 is 15.5 Å². The van der Waals surface area contributed by atoms with Gasteiger partial charge in [0.2, 0.25) is 0 Å².